The Morgan fingerprint density at radius 2 is 2.12 bits per heavy atom. The Morgan fingerprint density at radius 3 is 2.96 bits per heavy atom. The van der Waals surface area contributed by atoms with Gasteiger partial charge in [-0.3, -0.25) is 5.43 Å². The summed E-state index contributed by atoms with van der Waals surface area (Å²) in [5, 5.41) is 15.2. The van der Waals surface area contributed by atoms with Gasteiger partial charge in [0.2, 0.25) is 0 Å². The summed E-state index contributed by atoms with van der Waals surface area (Å²) >= 11 is 7.82. The SMILES string of the molecule is Clc1ccccc1Cn1nnc2c(N/N=C\c3cccs3)ncnc21. The first-order valence-electron chi connectivity index (χ1n) is 7.41. The van der Waals surface area contributed by atoms with E-state index in [1.54, 1.807) is 22.2 Å². The molecule has 0 bridgehead atoms. The molecular weight excluding hydrogens is 358 g/mol. The normalized spacial score (nSPS) is 11.4. The van der Waals surface area contributed by atoms with Crippen LogP contribution in [0.3, 0.4) is 0 Å². The summed E-state index contributed by atoms with van der Waals surface area (Å²) in [4.78, 5) is 9.51. The van der Waals surface area contributed by atoms with Gasteiger partial charge >= 0.3 is 0 Å². The maximum Gasteiger partial charge on any atom is 0.184 e. The summed E-state index contributed by atoms with van der Waals surface area (Å²) in [6, 6.07) is 11.6. The van der Waals surface area contributed by atoms with Gasteiger partial charge in [0.05, 0.1) is 12.8 Å². The van der Waals surface area contributed by atoms with E-state index in [-0.39, 0.29) is 0 Å². The molecule has 124 valence electrons. The van der Waals surface area contributed by atoms with E-state index in [4.69, 9.17) is 11.6 Å². The Hall–Kier alpha value is -2.84. The molecule has 9 heteroatoms. The average Bonchev–Trinajstić information content (AvgIpc) is 3.28. The lowest BCUT2D eigenvalue weighted by Crippen LogP contribution is -2.04. The lowest BCUT2D eigenvalue weighted by Gasteiger charge is -2.04. The van der Waals surface area contributed by atoms with E-state index in [1.807, 2.05) is 41.8 Å². The molecule has 0 unspecified atom stereocenters. The van der Waals surface area contributed by atoms with Gasteiger partial charge in [-0.15, -0.1) is 16.4 Å². The third kappa shape index (κ3) is 3.35. The fourth-order valence-corrected chi connectivity index (χ4v) is 3.07. The van der Waals surface area contributed by atoms with E-state index < -0.39 is 0 Å². The maximum atomic E-state index is 6.22. The number of hydrazone groups is 1. The lowest BCUT2D eigenvalue weighted by atomic mass is 10.2. The highest BCUT2D eigenvalue weighted by molar-refractivity contribution is 7.11. The van der Waals surface area contributed by atoms with Crippen molar-refractivity contribution in [1.82, 2.24) is 25.0 Å². The molecule has 0 spiro atoms. The molecule has 0 aliphatic heterocycles. The second-order valence-corrected chi connectivity index (χ2v) is 6.50. The van der Waals surface area contributed by atoms with Gasteiger partial charge < -0.3 is 0 Å². The largest absolute Gasteiger partial charge is 0.259 e. The number of benzene rings is 1. The Labute approximate surface area is 152 Å². The predicted octanol–water partition coefficient (Wildman–Crippen LogP) is 3.43. The lowest BCUT2D eigenvalue weighted by molar-refractivity contribution is 0.664. The third-order valence-corrected chi connectivity index (χ3v) is 4.66. The maximum absolute atomic E-state index is 6.22. The summed E-state index contributed by atoms with van der Waals surface area (Å²) in [5.41, 5.74) is 5.01. The molecule has 0 radical (unpaired) electrons. The molecule has 0 atom stereocenters. The van der Waals surface area contributed by atoms with Gasteiger partial charge in [0, 0.05) is 9.90 Å². The van der Waals surface area contributed by atoms with Crippen molar-refractivity contribution in [3.05, 3.63) is 63.6 Å². The number of rotatable bonds is 5. The molecule has 0 saturated carbocycles. The van der Waals surface area contributed by atoms with Crippen molar-refractivity contribution in [1.29, 1.82) is 0 Å². The molecule has 0 aliphatic rings. The number of hydrogen-bond acceptors (Lipinski definition) is 7. The van der Waals surface area contributed by atoms with Gasteiger partial charge in [-0.1, -0.05) is 41.1 Å². The predicted molar refractivity (Wildman–Crippen MR) is 99.2 cm³/mol. The van der Waals surface area contributed by atoms with E-state index in [0.29, 0.717) is 28.5 Å². The van der Waals surface area contributed by atoms with Crippen molar-refractivity contribution in [3.63, 3.8) is 0 Å². The van der Waals surface area contributed by atoms with Gasteiger partial charge in [0.15, 0.2) is 17.0 Å². The van der Waals surface area contributed by atoms with Gasteiger partial charge in [-0.25, -0.2) is 14.6 Å². The molecule has 4 aromatic rings. The Kier molecular flexibility index (Phi) is 4.36. The quantitative estimate of drug-likeness (QED) is 0.430. The number of nitrogens with one attached hydrogen (secondary N) is 1. The molecule has 3 heterocycles. The zero-order chi connectivity index (χ0) is 17.1. The Balaban J connectivity index is 1.60. The molecular formula is C16H12ClN7S. The molecule has 1 N–H and O–H groups in total. The van der Waals surface area contributed by atoms with Crippen LogP contribution < -0.4 is 5.43 Å². The monoisotopic (exact) mass is 369 g/mol. The minimum atomic E-state index is 0.477. The number of halogens is 1. The molecule has 0 saturated heterocycles. The summed E-state index contributed by atoms with van der Waals surface area (Å²) in [5.74, 6) is 0.503. The van der Waals surface area contributed by atoms with Crippen molar-refractivity contribution in [2.24, 2.45) is 5.10 Å². The minimum Gasteiger partial charge on any atom is -0.259 e. The molecule has 1 aromatic carbocycles. The van der Waals surface area contributed by atoms with Crippen LogP contribution in [0.25, 0.3) is 11.2 Å². The molecule has 0 fully saturated rings. The van der Waals surface area contributed by atoms with Gasteiger partial charge in [0.1, 0.15) is 6.33 Å². The van der Waals surface area contributed by atoms with Crippen molar-refractivity contribution in [2.75, 3.05) is 5.43 Å². The van der Waals surface area contributed by atoms with E-state index in [0.717, 1.165) is 10.4 Å². The van der Waals surface area contributed by atoms with Gasteiger partial charge in [-0.05, 0) is 23.1 Å². The highest BCUT2D eigenvalue weighted by Crippen LogP contribution is 2.20. The fraction of sp³-hybridized carbons (Fsp3) is 0.0625. The van der Waals surface area contributed by atoms with Crippen LogP contribution in [0.4, 0.5) is 5.82 Å². The van der Waals surface area contributed by atoms with Crippen LogP contribution in [0.1, 0.15) is 10.4 Å². The van der Waals surface area contributed by atoms with Crippen LogP contribution in [0.15, 0.2) is 53.2 Å². The minimum absolute atomic E-state index is 0.477. The van der Waals surface area contributed by atoms with Crippen LogP contribution in [-0.4, -0.2) is 31.2 Å². The Bertz CT molecular complexity index is 1030. The van der Waals surface area contributed by atoms with Crippen molar-refractivity contribution >= 4 is 46.1 Å². The number of thiophene rings is 1. The van der Waals surface area contributed by atoms with Crippen LogP contribution in [0.2, 0.25) is 5.02 Å². The number of hydrogen-bond donors (Lipinski definition) is 1. The standard InChI is InChI=1S/C16H12ClN7S/c17-13-6-2-1-4-11(13)9-24-16-14(21-23-24)15(18-10-19-16)22-20-8-12-5-3-7-25-12/h1-8,10H,9H2,(H,18,19,22)/b20-8-. The van der Waals surface area contributed by atoms with Crippen molar-refractivity contribution in [2.45, 2.75) is 6.54 Å². The summed E-state index contributed by atoms with van der Waals surface area (Å²) in [6.45, 7) is 0.477. The second kappa shape index (κ2) is 6.96. The van der Waals surface area contributed by atoms with Crippen LogP contribution in [0, 0.1) is 0 Å². The van der Waals surface area contributed by atoms with E-state index in [9.17, 15) is 0 Å². The van der Waals surface area contributed by atoms with E-state index in [1.165, 1.54) is 6.33 Å². The number of aromatic nitrogens is 5. The third-order valence-electron chi connectivity index (χ3n) is 3.48. The molecule has 3 aromatic heterocycles. The average molecular weight is 370 g/mol. The molecule has 4 rings (SSSR count). The smallest absolute Gasteiger partial charge is 0.184 e. The van der Waals surface area contributed by atoms with Gasteiger partial charge in [-0.2, -0.15) is 5.10 Å². The second-order valence-electron chi connectivity index (χ2n) is 5.12. The fourth-order valence-electron chi connectivity index (χ4n) is 2.29. The summed E-state index contributed by atoms with van der Waals surface area (Å²) < 4.78 is 1.69. The summed E-state index contributed by atoms with van der Waals surface area (Å²) in [7, 11) is 0. The first kappa shape index (κ1) is 15.7. The van der Waals surface area contributed by atoms with Gasteiger partial charge in [0.25, 0.3) is 0 Å². The number of nitrogens with zero attached hydrogens (tertiary/aromatic N) is 6. The number of anilines is 1. The highest BCUT2D eigenvalue weighted by atomic mass is 35.5. The van der Waals surface area contributed by atoms with Crippen molar-refractivity contribution in [3.8, 4) is 0 Å². The first-order chi connectivity index (χ1) is 12.3. The molecule has 0 amide bonds. The van der Waals surface area contributed by atoms with E-state index in [2.05, 4.69) is 30.8 Å². The van der Waals surface area contributed by atoms with E-state index >= 15 is 0 Å². The topological polar surface area (TPSA) is 80.9 Å². The number of fused-ring (bicyclic) bond motifs is 1. The zero-order valence-corrected chi connectivity index (χ0v) is 14.4. The zero-order valence-electron chi connectivity index (χ0n) is 12.9. The van der Waals surface area contributed by atoms with Crippen molar-refractivity contribution < 1.29 is 0 Å². The first-order valence-corrected chi connectivity index (χ1v) is 8.67. The Morgan fingerprint density at radius 1 is 1.20 bits per heavy atom. The van der Waals surface area contributed by atoms with Crippen LogP contribution in [-0.2, 0) is 6.54 Å². The highest BCUT2D eigenvalue weighted by Gasteiger charge is 2.12. The molecule has 7 nitrogen and oxygen atoms in total. The summed E-state index contributed by atoms with van der Waals surface area (Å²) in [6.07, 6.45) is 3.19. The van der Waals surface area contributed by atoms with Crippen LogP contribution >= 0.6 is 22.9 Å². The van der Waals surface area contributed by atoms with Crippen LogP contribution in [0.5, 0.6) is 0 Å². The molecule has 0 aliphatic carbocycles. The molecule has 25 heavy (non-hydrogen) atoms.